The lowest BCUT2D eigenvalue weighted by molar-refractivity contribution is 0.481. The second-order valence-electron chi connectivity index (χ2n) is 3.97. The number of pyridine rings is 1. The summed E-state index contributed by atoms with van der Waals surface area (Å²) in [6.07, 6.45) is 0.531. The number of rotatable bonds is 3. The van der Waals surface area contributed by atoms with E-state index in [1.165, 1.54) is 0 Å². The predicted octanol–water partition coefficient (Wildman–Crippen LogP) is 1.23. The lowest BCUT2D eigenvalue weighted by Crippen LogP contribution is -2.24. The predicted molar refractivity (Wildman–Crippen MR) is 68.3 cm³/mol. The molecule has 1 aromatic heterocycles. The number of aromatic nitrogens is 1. The number of hydrogen-bond donors (Lipinski definition) is 2. The first-order valence-corrected chi connectivity index (χ1v) is 5.73. The Balaban J connectivity index is 2.84. The van der Waals surface area contributed by atoms with Crippen LogP contribution in [0.2, 0.25) is 0 Å². The van der Waals surface area contributed by atoms with Crippen molar-refractivity contribution in [2.24, 2.45) is 5.73 Å². The van der Waals surface area contributed by atoms with Gasteiger partial charge in [0.1, 0.15) is 5.75 Å². The van der Waals surface area contributed by atoms with Gasteiger partial charge >= 0.3 is 0 Å². The molecule has 17 heavy (non-hydrogen) atoms. The molecular formula is C13H16N2O2. The molecule has 90 valence electrons. The lowest BCUT2D eigenvalue weighted by Gasteiger charge is -2.11. The molecule has 3 N–H and O–H groups in total. The fourth-order valence-corrected chi connectivity index (χ4v) is 2.09. The van der Waals surface area contributed by atoms with Crippen molar-refractivity contribution in [1.82, 2.24) is 4.57 Å². The zero-order valence-corrected chi connectivity index (χ0v) is 9.81. The number of nitrogens with two attached hydrogens (primary N) is 1. The minimum absolute atomic E-state index is 0.0175. The van der Waals surface area contributed by atoms with Crippen LogP contribution in [0.5, 0.6) is 5.75 Å². The van der Waals surface area contributed by atoms with E-state index in [1.54, 1.807) is 22.8 Å². The summed E-state index contributed by atoms with van der Waals surface area (Å²) in [5.41, 5.74) is 6.89. The van der Waals surface area contributed by atoms with E-state index in [0.29, 0.717) is 30.5 Å². The van der Waals surface area contributed by atoms with Crippen LogP contribution in [0.1, 0.15) is 12.5 Å². The Morgan fingerprint density at radius 1 is 1.41 bits per heavy atom. The number of aromatic hydroxyl groups is 1. The van der Waals surface area contributed by atoms with Crippen molar-refractivity contribution in [3.05, 3.63) is 40.2 Å². The Hall–Kier alpha value is -1.81. The number of hydrogen-bond acceptors (Lipinski definition) is 3. The number of phenolic OH excluding ortho intramolecular Hbond substituents is 1. The van der Waals surface area contributed by atoms with Gasteiger partial charge in [-0.3, -0.25) is 4.79 Å². The number of nitrogens with zero attached hydrogens (tertiary/aromatic N) is 1. The van der Waals surface area contributed by atoms with Gasteiger partial charge in [0.15, 0.2) is 0 Å². The summed E-state index contributed by atoms with van der Waals surface area (Å²) >= 11 is 0. The van der Waals surface area contributed by atoms with Crippen LogP contribution in [0.25, 0.3) is 10.9 Å². The maximum atomic E-state index is 12.1. The highest BCUT2D eigenvalue weighted by molar-refractivity contribution is 5.85. The average Bonchev–Trinajstić information content (AvgIpc) is 2.32. The summed E-state index contributed by atoms with van der Waals surface area (Å²) < 4.78 is 1.67. The lowest BCUT2D eigenvalue weighted by atomic mass is 10.1. The third kappa shape index (κ3) is 1.91. The van der Waals surface area contributed by atoms with Gasteiger partial charge in [-0.1, -0.05) is 6.07 Å². The minimum atomic E-state index is -0.0175. The molecule has 0 amide bonds. The summed E-state index contributed by atoms with van der Waals surface area (Å²) in [7, 11) is 0. The summed E-state index contributed by atoms with van der Waals surface area (Å²) in [6.45, 7) is 2.92. The van der Waals surface area contributed by atoms with Crippen molar-refractivity contribution in [3.8, 4) is 5.75 Å². The molecule has 2 rings (SSSR count). The summed E-state index contributed by atoms with van der Waals surface area (Å²) in [6, 6.07) is 6.95. The maximum Gasteiger partial charge on any atom is 0.254 e. The molecule has 1 heterocycles. The van der Waals surface area contributed by atoms with Crippen LogP contribution in [0.3, 0.4) is 0 Å². The van der Waals surface area contributed by atoms with Gasteiger partial charge in [-0.25, -0.2) is 0 Å². The number of aryl methyl sites for hydroxylation is 1. The molecule has 0 fully saturated rings. The van der Waals surface area contributed by atoms with Crippen LogP contribution < -0.4 is 11.3 Å². The van der Waals surface area contributed by atoms with Crippen molar-refractivity contribution >= 4 is 10.9 Å². The normalized spacial score (nSPS) is 10.9. The molecule has 0 saturated carbocycles. The van der Waals surface area contributed by atoms with Gasteiger partial charge in [0.2, 0.25) is 0 Å². The second-order valence-corrected chi connectivity index (χ2v) is 3.97. The summed E-state index contributed by atoms with van der Waals surface area (Å²) in [5.74, 6) is 0.197. The molecule has 4 heteroatoms. The van der Waals surface area contributed by atoms with Crippen LogP contribution in [-0.2, 0) is 13.0 Å². The first-order valence-electron chi connectivity index (χ1n) is 5.73. The van der Waals surface area contributed by atoms with Crippen LogP contribution in [0.4, 0.5) is 0 Å². The zero-order chi connectivity index (χ0) is 12.4. The Morgan fingerprint density at radius 2 is 2.18 bits per heavy atom. The third-order valence-electron chi connectivity index (χ3n) is 2.92. The van der Waals surface area contributed by atoms with Crippen LogP contribution in [0, 0.1) is 0 Å². The molecule has 1 aromatic carbocycles. The van der Waals surface area contributed by atoms with E-state index in [4.69, 9.17) is 5.73 Å². The summed E-state index contributed by atoms with van der Waals surface area (Å²) in [5, 5.41) is 10.5. The van der Waals surface area contributed by atoms with Crippen LogP contribution in [-0.4, -0.2) is 16.2 Å². The van der Waals surface area contributed by atoms with E-state index in [1.807, 2.05) is 13.0 Å². The smallest absolute Gasteiger partial charge is 0.254 e. The molecule has 0 aliphatic rings. The first kappa shape index (κ1) is 11.7. The van der Waals surface area contributed by atoms with E-state index >= 15 is 0 Å². The van der Waals surface area contributed by atoms with Crippen LogP contribution in [0.15, 0.2) is 29.1 Å². The number of phenols is 1. The van der Waals surface area contributed by atoms with Gasteiger partial charge in [-0.05, 0) is 38.1 Å². The molecule has 2 aromatic rings. The topological polar surface area (TPSA) is 68.2 Å². The molecule has 0 atom stereocenters. The maximum absolute atomic E-state index is 12.1. The quantitative estimate of drug-likeness (QED) is 0.836. The van der Waals surface area contributed by atoms with Gasteiger partial charge in [-0.15, -0.1) is 0 Å². The second kappa shape index (κ2) is 4.59. The van der Waals surface area contributed by atoms with Gasteiger partial charge in [0.05, 0.1) is 5.52 Å². The highest BCUT2D eigenvalue weighted by atomic mass is 16.3. The highest BCUT2D eigenvalue weighted by Crippen LogP contribution is 2.23. The molecule has 0 aliphatic carbocycles. The summed E-state index contributed by atoms with van der Waals surface area (Å²) in [4.78, 5) is 12.1. The molecule has 4 nitrogen and oxygen atoms in total. The van der Waals surface area contributed by atoms with Gasteiger partial charge in [-0.2, -0.15) is 0 Å². The van der Waals surface area contributed by atoms with Crippen LogP contribution >= 0.6 is 0 Å². The fraction of sp³-hybridized carbons (Fsp3) is 0.308. The molecule has 0 spiro atoms. The highest BCUT2D eigenvalue weighted by Gasteiger charge is 2.09. The van der Waals surface area contributed by atoms with E-state index < -0.39 is 0 Å². The van der Waals surface area contributed by atoms with Crippen molar-refractivity contribution in [3.63, 3.8) is 0 Å². The van der Waals surface area contributed by atoms with Crippen molar-refractivity contribution in [2.45, 2.75) is 19.9 Å². The monoisotopic (exact) mass is 232 g/mol. The van der Waals surface area contributed by atoms with Crippen molar-refractivity contribution < 1.29 is 5.11 Å². The Bertz CT molecular complexity index is 602. The minimum Gasteiger partial charge on any atom is -0.507 e. The van der Waals surface area contributed by atoms with Crippen molar-refractivity contribution in [1.29, 1.82) is 0 Å². The molecule has 0 bridgehead atoms. The Kier molecular flexibility index (Phi) is 3.15. The van der Waals surface area contributed by atoms with Gasteiger partial charge < -0.3 is 15.4 Å². The molecule has 0 unspecified atom stereocenters. The third-order valence-corrected chi connectivity index (χ3v) is 2.92. The molecule has 0 saturated heterocycles. The zero-order valence-electron chi connectivity index (χ0n) is 9.81. The standard InChI is InChI=1S/C13H16N2O2/c1-2-15-11-4-3-5-12(16)10(11)8-9(6-7-14)13(15)17/h3-5,8,16H,2,6-7,14H2,1H3. The average molecular weight is 232 g/mol. The Labute approximate surface area is 99.3 Å². The van der Waals surface area contributed by atoms with Gasteiger partial charge in [0.25, 0.3) is 5.56 Å². The Morgan fingerprint density at radius 3 is 2.82 bits per heavy atom. The largest absolute Gasteiger partial charge is 0.507 e. The molecule has 0 radical (unpaired) electrons. The van der Waals surface area contributed by atoms with E-state index in [0.717, 1.165) is 5.52 Å². The van der Waals surface area contributed by atoms with E-state index in [9.17, 15) is 9.90 Å². The molecule has 0 aliphatic heterocycles. The molecular weight excluding hydrogens is 216 g/mol. The first-order chi connectivity index (χ1) is 8.19. The SMILES string of the molecule is CCn1c(=O)c(CCN)cc2c(O)cccc21. The number of fused-ring (bicyclic) bond motifs is 1. The number of benzene rings is 1. The fourth-order valence-electron chi connectivity index (χ4n) is 2.09. The van der Waals surface area contributed by atoms with Crippen molar-refractivity contribution in [2.75, 3.05) is 6.54 Å². The van der Waals surface area contributed by atoms with E-state index in [2.05, 4.69) is 0 Å². The van der Waals surface area contributed by atoms with E-state index in [-0.39, 0.29) is 11.3 Å². The van der Waals surface area contributed by atoms with Gasteiger partial charge in [0, 0.05) is 17.5 Å².